The van der Waals surface area contributed by atoms with Crippen molar-refractivity contribution in [1.29, 1.82) is 0 Å². The third-order valence-corrected chi connectivity index (χ3v) is 3.24. The number of para-hydroxylation sites is 1. The molecular weight excluding hydrogens is 285 g/mol. The van der Waals surface area contributed by atoms with Gasteiger partial charge in [-0.3, -0.25) is 0 Å². The Hall–Kier alpha value is -1.82. The number of rotatable bonds is 3. The third kappa shape index (κ3) is 2.70. The van der Waals surface area contributed by atoms with Gasteiger partial charge in [-0.2, -0.15) is 8.78 Å². The predicted molar refractivity (Wildman–Crippen MR) is 78.7 cm³/mol. The van der Waals surface area contributed by atoms with Gasteiger partial charge in [0.1, 0.15) is 5.82 Å². The van der Waals surface area contributed by atoms with Crippen LogP contribution in [-0.2, 0) is 5.25 Å². The number of nitrogens with two attached hydrogens (primary N) is 1. The molecule has 2 nitrogen and oxygen atoms in total. The minimum atomic E-state index is -3.27. The van der Waals surface area contributed by atoms with Crippen molar-refractivity contribution in [3.63, 3.8) is 0 Å². The number of alkyl halides is 2. The van der Waals surface area contributed by atoms with Crippen molar-refractivity contribution in [2.45, 2.75) is 5.25 Å². The van der Waals surface area contributed by atoms with E-state index in [1.807, 2.05) is 0 Å². The molecule has 2 aromatic rings. The maximum absolute atomic E-state index is 13.5. The highest BCUT2D eigenvalue weighted by atomic mass is 32.1. The van der Waals surface area contributed by atoms with Crippen molar-refractivity contribution in [2.75, 3.05) is 18.1 Å². The zero-order valence-electron chi connectivity index (χ0n) is 10.6. The summed E-state index contributed by atoms with van der Waals surface area (Å²) in [5, 5.41) is -0.403. The predicted octanol–water partition coefficient (Wildman–Crippen LogP) is 4.10. The molecular formula is C14H13F3N2S. The van der Waals surface area contributed by atoms with Gasteiger partial charge in [0.05, 0.1) is 5.69 Å². The van der Waals surface area contributed by atoms with Gasteiger partial charge >= 0.3 is 5.25 Å². The van der Waals surface area contributed by atoms with Gasteiger partial charge in [0, 0.05) is 29.4 Å². The maximum Gasteiger partial charge on any atom is 0.316 e. The fourth-order valence-electron chi connectivity index (χ4n) is 1.94. The Kier molecular flexibility index (Phi) is 3.85. The molecule has 0 aromatic heterocycles. The van der Waals surface area contributed by atoms with Crippen LogP contribution >= 0.6 is 12.6 Å². The highest BCUT2D eigenvalue weighted by Gasteiger charge is 2.27. The first-order chi connectivity index (χ1) is 9.34. The molecule has 0 radical (unpaired) electrons. The number of halogens is 3. The quantitative estimate of drug-likeness (QED) is 0.589. The molecule has 0 aliphatic heterocycles. The number of anilines is 2. The monoisotopic (exact) mass is 298 g/mol. The average Bonchev–Trinajstić information content (AvgIpc) is 2.40. The van der Waals surface area contributed by atoms with Gasteiger partial charge in [0.25, 0.3) is 0 Å². The van der Waals surface area contributed by atoms with Crippen LogP contribution in [0.15, 0.2) is 36.4 Å². The molecule has 2 aromatic carbocycles. The van der Waals surface area contributed by atoms with Gasteiger partial charge in [-0.15, -0.1) is 12.6 Å². The summed E-state index contributed by atoms with van der Waals surface area (Å²) in [5.41, 5.74) is 6.66. The minimum absolute atomic E-state index is 0.0800. The van der Waals surface area contributed by atoms with E-state index in [0.717, 1.165) is 0 Å². The second kappa shape index (κ2) is 5.28. The van der Waals surface area contributed by atoms with E-state index in [1.54, 1.807) is 13.1 Å². The molecule has 0 aliphatic carbocycles. The molecule has 106 valence electrons. The van der Waals surface area contributed by atoms with Crippen molar-refractivity contribution in [3.05, 3.63) is 47.8 Å². The topological polar surface area (TPSA) is 38.0 Å². The maximum atomic E-state index is 13.5. The number of benzene rings is 2. The van der Waals surface area contributed by atoms with Gasteiger partial charge in [-0.05, 0) is 18.2 Å². The van der Waals surface area contributed by atoms with E-state index >= 15 is 0 Å². The number of nitrogen functional groups attached to an aromatic ring is 1. The SMILES string of the molecule is CNc1ccc(C(F)(F)S)cc1-c1cccc(F)c1N. The number of hydrogen-bond acceptors (Lipinski definition) is 3. The Labute approximate surface area is 120 Å². The highest BCUT2D eigenvalue weighted by molar-refractivity contribution is 7.81. The van der Waals surface area contributed by atoms with Crippen molar-refractivity contribution >= 4 is 24.0 Å². The Morgan fingerprint density at radius 2 is 1.85 bits per heavy atom. The molecule has 0 spiro atoms. The largest absolute Gasteiger partial charge is 0.396 e. The van der Waals surface area contributed by atoms with E-state index in [1.165, 1.54) is 30.3 Å². The van der Waals surface area contributed by atoms with Crippen LogP contribution in [-0.4, -0.2) is 7.05 Å². The number of hydrogen-bond donors (Lipinski definition) is 3. The van der Waals surface area contributed by atoms with Gasteiger partial charge in [0.15, 0.2) is 0 Å². The van der Waals surface area contributed by atoms with Crippen molar-refractivity contribution < 1.29 is 13.2 Å². The molecule has 0 aliphatic rings. The molecule has 6 heteroatoms. The third-order valence-electron chi connectivity index (χ3n) is 2.98. The van der Waals surface area contributed by atoms with Crippen LogP contribution in [0.5, 0.6) is 0 Å². The minimum Gasteiger partial charge on any atom is -0.396 e. The lowest BCUT2D eigenvalue weighted by molar-refractivity contribution is 0.108. The van der Waals surface area contributed by atoms with E-state index in [-0.39, 0.29) is 11.3 Å². The van der Waals surface area contributed by atoms with Crippen LogP contribution < -0.4 is 11.1 Å². The molecule has 2 rings (SSSR count). The zero-order valence-corrected chi connectivity index (χ0v) is 11.5. The molecule has 0 heterocycles. The summed E-state index contributed by atoms with van der Waals surface area (Å²) in [4.78, 5) is 0. The van der Waals surface area contributed by atoms with Gasteiger partial charge in [0.2, 0.25) is 0 Å². The Morgan fingerprint density at radius 1 is 1.15 bits per heavy atom. The summed E-state index contributed by atoms with van der Waals surface area (Å²) in [6, 6.07) is 8.27. The van der Waals surface area contributed by atoms with Crippen LogP contribution in [0.4, 0.5) is 24.5 Å². The zero-order chi connectivity index (χ0) is 14.9. The van der Waals surface area contributed by atoms with E-state index in [9.17, 15) is 13.2 Å². The summed E-state index contributed by atoms with van der Waals surface area (Å²) >= 11 is 3.25. The first-order valence-corrected chi connectivity index (χ1v) is 6.26. The van der Waals surface area contributed by atoms with Crippen molar-refractivity contribution in [1.82, 2.24) is 0 Å². The smallest absolute Gasteiger partial charge is 0.316 e. The second-order valence-electron chi connectivity index (χ2n) is 4.25. The molecule has 20 heavy (non-hydrogen) atoms. The molecule has 0 amide bonds. The van der Waals surface area contributed by atoms with Crippen LogP contribution in [0, 0.1) is 5.82 Å². The molecule has 0 bridgehead atoms. The highest BCUT2D eigenvalue weighted by Crippen LogP contribution is 2.39. The van der Waals surface area contributed by atoms with Crippen molar-refractivity contribution in [3.8, 4) is 11.1 Å². The standard InChI is InChI=1S/C14H13F3N2S/c1-19-12-6-5-8(14(16,17)20)7-10(12)9-3-2-4-11(15)13(9)18/h2-7,19-20H,18H2,1H3. The number of thiol groups is 1. The van der Waals surface area contributed by atoms with E-state index in [2.05, 4.69) is 17.9 Å². The molecule has 0 unspecified atom stereocenters. The van der Waals surface area contributed by atoms with E-state index in [4.69, 9.17) is 5.73 Å². The first-order valence-electron chi connectivity index (χ1n) is 5.81. The van der Waals surface area contributed by atoms with E-state index in [0.29, 0.717) is 16.8 Å². The molecule has 0 saturated carbocycles. The first kappa shape index (κ1) is 14.6. The van der Waals surface area contributed by atoms with Gasteiger partial charge in [-0.1, -0.05) is 18.2 Å². The van der Waals surface area contributed by atoms with Crippen LogP contribution in [0.1, 0.15) is 5.56 Å². The summed E-state index contributed by atoms with van der Waals surface area (Å²) in [7, 11) is 1.65. The van der Waals surface area contributed by atoms with Crippen LogP contribution in [0.25, 0.3) is 11.1 Å². The molecule has 3 N–H and O–H groups in total. The second-order valence-corrected chi connectivity index (χ2v) is 4.81. The lowest BCUT2D eigenvalue weighted by Crippen LogP contribution is -2.05. The normalized spacial score (nSPS) is 11.4. The molecule has 0 saturated heterocycles. The summed E-state index contributed by atoms with van der Waals surface area (Å²) in [6.45, 7) is 0. The molecule has 0 fully saturated rings. The Morgan fingerprint density at radius 3 is 2.45 bits per heavy atom. The summed E-state index contributed by atoms with van der Waals surface area (Å²) in [6.07, 6.45) is 0. The van der Waals surface area contributed by atoms with Crippen LogP contribution in [0.2, 0.25) is 0 Å². The van der Waals surface area contributed by atoms with E-state index < -0.39 is 11.1 Å². The average molecular weight is 298 g/mol. The molecule has 0 atom stereocenters. The van der Waals surface area contributed by atoms with Gasteiger partial charge in [-0.25, -0.2) is 4.39 Å². The lowest BCUT2D eigenvalue weighted by Gasteiger charge is -2.16. The lowest BCUT2D eigenvalue weighted by atomic mass is 9.99. The fourth-order valence-corrected chi connectivity index (χ4v) is 2.08. The summed E-state index contributed by atoms with van der Waals surface area (Å²) < 4.78 is 40.1. The Bertz CT molecular complexity index is 639. The fraction of sp³-hybridized carbons (Fsp3) is 0.143. The summed E-state index contributed by atoms with van der Waals surface area (Å²) in [5.74, 6) is -0.590. The van der Waals surface area contributed by atoms with Crippen LogP contribution in [0.3, 0.4) is 0 Å². The van der Waals surface area contributed by atoms with Gasteiger partial charge < -0.3 is 11.1 Å². The Balaban J connectivity index is 2.68. The number of nitrogens with one attached hydrogen (secondary N) is 1. The van der Waals surface area contributed by atoms with Crippen molar-refractivity contribution in [2.24, 2.45) is 0 Å².